The standard InChI is InChI=1S/C27H45N3O4/c1-11-12-13-16-28-23(31)22(21-17-18(2)14-15-19(21)3)30(26(5,6)7)24(32)20(4)29-25(33)34-27(8,9)10/h14-15,17,20,22H,11-13,16H2,1-10H3,(H,28,31)(H,29,33). The van der Waals surface area contributed by atoms with Crippen LogP contribution in [0.2, 0.25) is 0 Å². The number of rotatable bonds is 9. The van der Waals surface area contributed by atoms with Crippen molar-refractivity contribution < 1.29 is 19.1 Å². The van der Waals surface area contributed by atoms with Crippen molar-refractivity contribution in [1.29, 1.82) is 0 Å². The van der Waals surface area contributed by atoms with Gasteiger partial charge in [-0.2, -0.15) is 0 Å². The Morgan fingerprint density at radius 1 is 1.03 bits per heavy atom. The van der Waals surface area contributed by atoms with E-state index in [4.69, 9.17) is 4.74 Å². The summed E-state index contributed by atoms with van der Waals surface area (Å²) in [6.45, 7) is 19.2. The van der Waals surface area contributed by atoms with Crippen molar-refractivity contribution >= 4 is 17.9 Å². The highest BCUT2D eigenvalue weighted by Crippen LogP contribution is 2.32. The van der Waals surface area contributed by atoms with Gasteiger partial charge in [0.2, 0.25) is 11.8 Å². The van der Waals surface area contributed by atoms with Crippen molar-refractivity contribution in [3.05, 3.63) is 34.9 Å². The summed E-state index contributed by atoms with van der Waals surface area (Å²) in [6, 6.07) is 4.20. The molecule has 0 spiro atoms. The third-order valence-electron chi connectivity index (χ3n) is 5.38. The molecule has 0 aromatic heterocycles. The fourth-order valence-electron chi connectivity index (χ4n) is 3.74. The van der Waals surface area contributed by atoms with Crippen LogP contribution in [0.3, 0.4) is 0 Å². The first-order chi connectivity index (χ1) is 15.6. The summed E-state index contributed by atoms with van der Waals surface area (Å²) >= 11 is 0. The fourth-order valence-corrected chi connectivity index (χ4v) is 3.74. The van der Waals surface area contributed by atoms with E-state index in [1.165, 1.54) is 0 Å². The number of carbonyl (C=O) groups excluding carboxylic acids is 3. The second kappa shape index (κ2) is 12.2. The molecule has 7 heteroatoms. The number of unbranched alkanes of at least 4 members (excludes halogenated alkanes) is 2. The van der Waals surface area contributed by atoms with Crippen LogP contribution in [0, 0.1) is 13.8 Å². The Kier molecular flexibility index (Phi) is 10.6. The molecule has 0 radical (unpaired) electrons. The number of nitrogens with one attached hydrogen (secondary N) is 2. The molecule has 2 atom stereocenters. The van der Waals surface area contributed by atoms with Gasteiger partial charge in [-0.3, -0.25) is 9.59 Å². The molecule has 34 heavy (non-hydrogen) atoms. The summed E-state index contributed by atoms with van der Waals surface area (Å²) in [7, 11) is 0. The van der Waals surface area contributed by atoms with Gasteiger partial charge in [0.15, 0.2) is 0 Å². The van der Waals surface area contributed by atoms with Crippen LogP contribution in [-0.2, 0) is 14.3 Å². The first kappa shape index (κ1) is 29.5. The van der Waals surface area contributed by atoms with Gasteiger partial charge in [-0.05, 0) is 79.9 Å². The molecule has 0 aliphatic rings. The van der Waals surface area contributed by atoms with E-state index in [1.807, 2.05) is 52.8 Å². The van der Waals surface area contributed by atoms with E-state index in [1.54, 1.807) is 32.6 Å². The number of hydrogen-bond donors (Lipinski definition) is 2. The Labute approximate surface area is 206 Å². The highest BCUT2D eigenvalue weighted by atomic mass is 16.6. The lowest BCUT2D eigenvalue weighted by atomic mass is 9.92. The summed E-state index contributed by atoms with van der Waals surface area (Å²) in [6.07, 6.45) is 2.28. The fraction of sp³-hybridized carbons (Fsp3) is 0.667. The molecule has 0 saturated heterocycles. The Bertz CT molecular complexity index is 852. The molecule has 1 aromatic rings. The van der Waals surface area contributed by atoms with Crippen molar-refractivity contribution in [3.8, 4) is 0 Å². The van der Waals surface area contributed by atoms with Crippen molar-refractivity contribution in [2.24, 2.45) is 0 Å². The Morgan fingerprint density at radius 2 is 1.65 bits per heavy atom. The number of nitrogens with zero attached hydrogens (tertiary/aromatic N) is 1. The highest BCUT2D eigenvalue weighted by molar-refractivity contribution is 5.92. The monoisotopic (exact) mass is 475 g/mol. The van der Waals surface area contributed by atoms with E-state index in [0.717, 1.165) is 36.0 Å². The average Bonchev–Trinajstić information content (AvgIpc) is 2.68. The summed E-state index contributed by atoms with van der Waals surface area (Å²) in [4.78, 5) is 41.3. The largest absolute Gasteiger partial charge is 0.444 e. The minimum atomic E-state index is -0.880. The van der Waals surface area contributed by atoms with E-state index < -0.39 is 29.3 Å². The van der Waals surface area contributed by atoms with Crippen LogP contribution in [0.5, 0.6) is 0 Å². The van der Waals surface area contributed by atoms with Gasteiger partial charge in [0.25, 0.3) is 0 Å². The highest BCUT2D eigenvalue weighted by Gasteiger charge is 2.41. The van der Waals surface area contributed by atoms with Crippen LogP contribution in [0.15, 0.2) is 18.2 Å². The SMILES string of the molecule is CCCCCNC(=O)C(c1cc(C)ccc1C)N(C(=O)C(C)NC(=O)OC(C)(C)C)C(C)(C)C. The molecule has 1 rings (SSSR count). The number of alkyl carbamates (subject to hydrolysis) is 1. The number of aryl methyl sites for hydroxylation is 2. The average molecular weight is 476 g/mol. The van der Waals surface area contributed by atoms with Crippen LogP contribution >= 0.6 is 0 Å². The molecule has 0 aliphatic carbocycles. The van der Waals surface area contributed by atoms with Crippen LogP contribution < -0.4 is 10.6 Å². The number of carbonyl (C=O) groups is 3. The van der Waals surface area contributed by atoms with Crippen LogP contribution in [0.25, 0.3) is 0 Å². The number of ether oxygens (including phenoxy) is 1. The van der Waals surface area contributed by atoms with Gasteiger partial charge in [0, 0.05) is 12.1 Å². The molecule has 1 aromatic carbocycles. The van der Waals surface area contributed by atoms with E-state index in [0.29, 0.717) is 6.54 Å². The predicted molar refractivity (Wildman–Crippen MR) is 137 cm³/mol. The Morgan fingerprint density at radius 3 is 2.18 bits per heavy atom. The quantitative estimate of drug-likeness (QED) is 0.481. The smallest absolute Gasteiger partial charge is 0.408 e. The maximum absolute atomic E-state index is 13.8. The van der Waals surface area contributed by atoms with Crippen molar-refractivity contribution in [1.82, 2.24) is 15.5 Å². The normalized spacial score (nSPS) is 13.6. The van der Waals surface area contributed by atoms with Crippen LogP contribution in [0.1, 0.15) is 97.4 Å². The summed E-state index contributed by atoms with van der Waals surface area (Å²) in [5.41, 5.74) is 1.33. The van der Waals surface area contributed by atoms with Crippen LogP contribution in [-0.4, -0.2) is 46.5 Å². The molecule has 192 valence electrons. The number of hydrogen-bond acceptors (Lipinski definition) is 4. The molecular formula is C27H45N3O4. The number of benzene rings is 1. The predicted octanol–water partition coefficient (Wildman–Crippen LogP) is 5.19. The van der Waals surface area contributed by atoms with E-state index in [2.05, 4.69) is 17.6 Å². The maximum atomic E-state index is 13.8. The van der Waals surface area contributed by atoms with Gasteiger partial charge in [-0.1, -0.05) is 43.5 Å². The minimum Gasteiger partial charge on any atom is -0.444 e. The third kappa shape index (κ3) is 8.99. The van der Waals surface area contributed by atoms with Gasteiger partial charge in [0.05, 0.1) is 0 Å². The Hall–Kier alpha value is -2.57. The van der Waals surface area contributed by atoms with Crippen molar-refractivity contribution in [3.63, 3.8) is 0 Å². The second-order valence-corrected chi connectivity index (χ2v) is 11.0. The Balaban J connectivity index is 3.40. The first-order valence-electron chi connectivity index (χ1n) is 12.3. The van der Waals surface area contributed by atoms with Gasteiger partial charge in [-0.15, -0.1) is 0 Å². The van der Waals surface area contributed by atoms with Crippen molar-refractivity contribution in [2.45, 2.75) is 112 Å². The van der Waals surface area contributed by atoms with E-state index in [9.17, 15) is 14.4 Å². The van der Waals surface area contributed by atoms with Gasteiger partial charge in [0.1, 0.15) is 17.7 Å². The molecule has 0 bridgehead atoms. The van der Waals surface area contributed by atoms with E-state index >= 15 is 0 Å². The van der Waals surface area contributed by atoms with Gasteiger partial charge >= 0.3 is 6.09 Å². The maximum Gasteiger partial charge on any atom is 0.408 e. The molecule has 0 fully saturated rings. The topological polar surface area (TPSA) is 87.7 Å². The molecule has 7 nitrogen and oxygen atoms in total. The van der Waals surface area contributed by atoms with Gasteiger partial charge < -0.3 is 20.3 Å². The molecule has 0 saturated carbocycles. The number of amides is 3. The summed E-state index contributed by atoms with van der Waals surface area (Å²) in [5, 5.41) is 5.67. The van der Waals surface area contributed by atoms with Crippen LogP contribution in [0.4, 0.5) is 4.79 Å². The molecule has 2 N–H and O–H groups in total. The molecular weight excluding hydrogens is 430 g/mol. The second-order valence-electron chi connectivity index (χ2n) is 11.0. The van der Waals surface area contributed by atoms with Gasteiger partial charge in [-0.25, -0.2) is 4.79 Å². The zero-order valence-electron chi connectivity index (χ0n) is 22.8. The molecule has 3 amide bonds. The lowest BCUT2D eigenvalue weighted by molar-refractivity contribution is -0.148. The summed E-state index contributed by atoms with van der Waals surface area (Å²) in [5.74, 6) is -0.578. The lowest BCUT2D eigenvalue weighted by Gasteiger charge is -2.43. The van der Waals surface area contributed by atoms with E-state index in [-0.39, 0.29) is 11.8 Å². The lowest BCUT2D eigenvalue weighted by Crippen LogP contribution is -2.58. The first-order valence-corrected chi connectivity index (χ1v) is 12.3. The zero-order chi connectivity index (χ0) is 26.3. The molecule has 0 heterocycles. The molecule has 0 aliphatic heterocycles. The molecule has 2 unspecified atom stereocenters. The minimum absolute atomic E-state index is 0.224. The zero-order valence-corrected chi connectivity index (χ0v) is 22.8. The third-order valence-corrected chi connectivity index (χ3v) is 5.38. The summed E-state index contributed by atoms with van der Waals surface area (Å²) < 4.78 is 5.33. The van der Waals surface area contributed by atoms with Crippen molar-refractivity contribution in [2.75, 3.05) is 6.54 Å².